The molecule has 0 amide bonds. The number of hydrogen-bond donors (Lipinski definition) is 1. The fourth-order valence-electron chi connectivity index (χ4n) is 4.33. The van der Waals surface area contributed by atoms with Crippen molar-refractivity contribution >= 4 is 44.0 Å². The minimum atomic E-state index is -4.86. The Morgan fingerprint density at radius 3 is 2.67 bits per heavy atom. The number of nitriles is 1. The second-order valence-electron chi connectivity index (χ2n) is 8.77. The van der Waals surface area contributed by atoms with Crippen LogP contribution in [0.3, 0.4) is 0 Å². The van der Waals surface area contributed by atoms with Crippen molar-refractivity contribution < 1.29 is 30.5 Å². The van der Waals surface area contributed by atoms with Crippen molar-refractivity contribution in [2.24, 2.45) is 0 Å². The average Bonchev–Trinajstić information content (AvgIpc) is 2.91. The lowest BCUT2D eigenvalue weighted by atomic mass is 10.1. The molecule has 0 unspecified atom stereocenters. The number of hydrogen-bond acceptors (Lipinski definition) is 8. The summed E-state index contributed by atoms with van der Waals surface area (Å²) in [4.78, 5) is 12.9. The molecule has 212 valence electrons. The molecule has 2 fully saturated rings. The lowest BCUT2D eigenvalue weighted by molar-refractivity contribution is 0.142. The number of ether oxygens (including phenoxy) is 1. The Labute approximate surface area is 229 Å². The van der Waals surface area contributed by atoms with E-state index in [1.807, 2.05) is 0 Å². The molecule has 3 heterocycles. The normalized spacial score (nSPS) is 21.0. The van der Waals surface area contributed by atoms with Crippen LogP contribution < -0.4 is 15.2 Å². The van der Waals surface area contributed by atoms with E-state index in [4.69, 9.17) is 21.6 Å². The summed E-state index contributed by atoms with van der Waals surface area (Å²) in [6.07, 6.45) is 1.45. The van der Waals surface area contributed by atoms with Gasteiger partial charge < -0.3 is 10.1 Å². The van der Waals surface area contributed by atoms with Crippen LogP contribution in [-0.4, -0.2) is 77.1 Å². The van der Waals surface area contributed by atoms with Crippen LogP contribution in [0, 0.1) is 17.1 Å². The van der Waals surface area contributed by atoms with Gasteiger partial charge in [-0.25, -0.2) is 9.07 Å². The van der Waals surface area contributed by atoms with E-state index >= 15 is 0 Å². The molecule has 1 N–H and O–H groups in total. The van der Waals surface area contributed by atoms with Gasteiger partial charge in [0.1, 0.15) is 10.8 Å². The van der Waals surface area contributed by atoms with Crippen molar-refractivity contribution in [2.75, 3.05) is 48.2 Å². The lowest BCUT2D eigenvalue weighted by Crippen LogP contribution is -2.50. The van der Waals surface area contributed by atoms with Crippen molar-refractivity contribution in [1.29, 1.82) is 5.26 Å². The van der Waals surface area contributed by atoms with Crippen molar-refractivity contribution in [3.05, 3.63) is 51.2 Å². The number of alkyl halides is 2. The summed E-state index contributed by atoms with van der Waals surface area (Å²) in [5.41, 5.74) is -1.42. The van der Waals surface area contributed by atoms with Crippen LogP contribution in [0.15, 0.2) is 29.2 Å². The third-order valence-electron chi connectivity index (χ3n) is 6.40. The summed E-state index contributed by atoms with van der Waals surface area (Å²) < 4.78 is 87.3. The van der Waals surface area contributed by atoms with Crippen LogP contribution in [0.25, 0.3) is 0 Å². The molecule has 1 aromatic carbocycles. The summed E-state index contributed by atoms with van der Waals surface area (Å²) in [6, 6.07) is 3.61. The molecular formula is C22H24ClF3N6O5S2. The van der Waals surface area contributed by atoms with Gasteiger partial charge in [0.05, 0.1) is 53.7 Å². The van der Waals surface area contributed by atoms with Gasteiger partial charge in [-0.1, -0.05) is 11.6 Å². The molecule has 11 nitrogen and oxygen atoms in total. The Bertz CT molecular complexity index is 1450. The van der Waals surface area contributed by atoms with Crippen LogP contribution in [0.5, 0.6) is 0 Å². The van der Waals surface area contributed by atoms with Gasteiger partial charge in [-0.3, -0.25) is 9.00 Å². The first kappa shape index (κ1) is 29.3. The first-order chi connectivity index (χ1) is 18.5. The van der Waals surface area contributed by atoms with Crippen LogP contribution in [0.2, 0.25) is 5.02 Å². The molecule has 2 atom stereocenters. The second kappa shape index (κ2) is 12.2. The van der Waals surface area contributed by atoms with Gasteiger partial charge in [-0.05, 0) is 31.0 Å². The largest absolute Gasteiger partial charge is 0.381 e. The summed E-state index contributed by atoms with van der Waals surface area (Å²) in [5, 5.41) is 15.6. The smallest absolute Gasteiger partial charge is 0.329 e. The molecular weight excluding hydrogens is 585 g/mol. The Kier molecular flexibility index (Phi) is 9.17. The maximum Gasteiger partial charge on any atom is 0.329 e. The highest BCUT2D eigenvalue weighted by molar-refractivity contribution is 7.90. The van der Waals surface area contributed by atoms with Crippen LogP contribution in [0.4, 0.5) is 24.5 Å². The molecule has 0 saturated carbocycles. The third kappa shape index (κ3) is 6.22. The number of nitrogens with one attached hydrogen (secondary N) is 1. The highest BCUT2D eigenvalue weighted by Crippen LogP contribution is 2.31. The van der Waals surface area contributed by atoms with Gasteiger partial charge in [0, 0.05) is 36.2 Å². The number of rotatable bonds is 8. The van der Waals surface area contributed by atoms with E-state index in [-0.39, 0.29) is 58.3 Å². The molecule has 0 spiro atoms. The minimum Gasteiger partial charge on any atom is -0.381 e. The summed E-state index contributed by atoms with van der Waals surface area (Å²) in [6.45, 7) is -3.08. The van der Waals surface area contributed by atoms with E-state index in [1.165, 1.54) is 6.20 Å². The molecule has 1 aromatic heterocycles. The quantitative estimate of drug-likeness (QED) is 0.450. The van der Waals surface area contributed by atoms with Crippen molar-refractivity contribution in [3.8, 4) is 6.07 Å². The van der Waals surface area contributed by atoms with Gasteiger partial charge in [-0.15, -0.1) is 0 Å². The molecule has 4 rings (SSSR count). The maximum absolute atomic E-state index is 14.4. The molecule has 2 saturated heterocycles. The maximum atomic E-state index is 14.4. The highest BCUT2D eigenvalue weighted by atomic mass is 35.5. The lowest BCUT2D eigenvalue weighted by Gasteiger charge is -2.35. The third-order valence-corrected chi connectivity index (χ3v) is 10.3. The zero-order valence-electron chi connectivity index (χ0n) is 20.3. The van der Waals surface area contributed by atoms with E-state index in [2.05, 4.69) is 10.4 Å². The summed E-state index contributed by atoms with van der Waals surface area (Å²) >= 11 is 6.26. The van der Waals surface area contributed by atoms with E-state index in [0.29, 0.717) is 25.0 Å². The van der Waals surface area contributed by atoms with Crippen molar-refractivity contribution in [1.82, 2.24) is 14.1 Å². The SMILES string of the molecule is N#Cc1ccc(N(C(F)F)S(=O)(=O)N2CCC(n3ncc(NC[C@@H]4COCC[S@]4=O)c(Cl)c3=O)CC2)c(F)c1. The molecule has 2 aliphatic rings. The van der Waals surface area contributed by atoms with Gasteiger partial charge in [-0.2, -0.15) is 36.2 Å². The number of nitrogens with zero attached hydrogens (tertiary/aromatic N) is 5. The van der Waals surface area contributed by atoms with Gasteiger partial charge in [0.25, 0.3) is 5.56 Å². The molecule has 0 bridgehead atoms. The first-order valence-electron chi connectivity index (χ1n) is 11.8. The summed E-state index contributed by atoms with van der Waals surface area (Å²) in [5.74, 6) is -0.861. The Morgan fingerprint density at radius 1 is 1.33 bits per heavy atom. The van der Waals surface area contributed by atoms with Crippen LogP contribution in [-0.2, 0) is 25.7 Å². The number of aromatic nitrogens is 2. The van der Waals surface area contributed by atoms with Crippen LogP contribution >= 0.6 is 11.6 Å². The minimum absolute atomic E-state index is 0.0561. The zero-order valence-corrected chi connectivity index (χ0v) is 22.7. The van der Waals surface area contributed by atoms with E-state index in [1.54, 1.807) is 6.07 Å². The molecule has 2 aromatic rings. The molecule has 0 aliphatic carbocycles. The Balaban J connectivity index is 1.45. The summed E-state index contributed by atoms with van der Waals surface area (Å²) in [7, 11) is -5.93. The van der Waals surface area contributed by atoms with E-state index in [0.717, 1.165) is 21.1 Å². The monoisotopic (exact) mass is 608 g/mol. The molecule has 17 heteroatoms. The van der Waals surface area contributed by atoms with Crippen molar-refractivity contribution in [2.45, 2.75) is 30.7 Å². The van der Waals surface area contributed by atoms with Crippen LogP contribution in [0.1, 0.15) is 24.4 Å². The molecule has 0 radical (unpaired) electrons. The molecule has 2 aliphatic heterocycles. The van der Waals surface area contributed by atoms with Gasteiger partial charge in [0.15, 0.2) is 0 Å². The number of benzene rings is 1. The number of anilines is 2. The first-order valence-corrected chi connectivity index (χ1v) is 14.9. The number of piperidine rings is 1. The van der Waals surface area contributed by atoms with Gasteiger partial charge in [0.2, 0.25) is 0 Å². The number of halogens is 4. The Morgan fingerprint density at radius 2 is 2.05 bits per heavy atom. The standard InChI is InChI=1S/C22H24ClF3N6O5S2/c23-20-18(28-11-16-13-37-7-8-38(16)34)12-29-31(21(20)33)15-3-5-30(6-4-15)39(35,36)32(22(25)26)19-2-1-14(10-27)9-17(19)24/h1-2,9,12,15-16,22,28H,3-8,11,13H2/t16-,38-/m1/s1. The van der Waals surface area contributed by atoms with Gasteiger partial charge >= 0.3 is 16.8 Å². The highest BCUT2D eigenvalue weighted by Gasteiger charge is 2.39. The fourth-order valence-corrected chi connectivity index (χ4v) is 7.18. The second-order valence-corrected chi connectivity index (χ2v) is 12.8. The fraction of sp³-hybridized carbons (Fsp3) is 0.500. The topological polar surface area (TPSA) is 138 Å². The molecule has 39 heavy (non-hydrogen) atoms. The van der Waals surface area contributed by atoms with E-state index in [9.17, 15) is 30.6 Å². The zero-order chi connectivity index (χ0) is 28.3. The van der Waals surface area contributed by atoms with E-state index < -0.39 is 50.7 Å². The average molecular weight is 609 g/mol. The Hall–Kier alpha value is -2.71. The van der Waals surface area contributed by atoms with Crippen molar-refractivity contribution in [3.63, 3.8) is 0 Å². The predicted octanol–water partition coefficient (Wildman–Crippen LogP) is 2.08. The predicted molar refractivity (Wildman–Crippen MR) is 138 cm³/mol.